The van der Waals surface area contributed by atoms with E-state index < -0.39 is 6.04 Å². The number of likely N-dealkylation sites (N-methyl/N-ethyl adjacent to an activating group) is 1. The Morgan fingerprint density at radius 1 is 1.00 bits per heavy atom. The molecule has 28 heavy (non-hydrogen) atoms. The van der Waals surface area contributed by atoms with E-state index >= 15 is 0 Å². The third kappa shape index (κ3) is 4.80. The van der Waals surface area contributed by atoms with Crippen LogP contribution in [0.3, 0.4) is 0 Å². The van der Waals surface area contributed by atoms with Gasteiger partial charge in [-0.1, -0.05) is 12.1 Å². The molecule has 0 saturated heterocycles. The van der Waals surface area contributed by atoms with Crippen LogP contribution in [0.4, 0.5) is 0 Å². The second-order valence-corrected chi connectivity index (χ2v) is 6.73. The Kier molecular flexibility index (Phi) is 6.99. The van der Waals surface area contributed by atoms with Crippen molar-refractivity contribution < 1.29 is 19.1 Å². The van der Waals surface area contributed by atoms with Gasteiger partial charge >= 0.3 is 0 Å². The van der Waals surface area contributed by atoms with E-state index in [4.69, 9.17) is 9.47 Å². The van der Waals surface area contributed by atoms with E-state index in [0.717, 1.165) is 16.7 Å². The van der Waals surface area contributed by atoms with E-state index in [1.54, 1.807) is 58.5 Å². The van der Waals surface area contributed by atoms with E-state index in [0.29, 0.717) is 17.1 Å². The standard InChI is InChI=1S/C23H27NO4/c1-15-7-8-19(13-16(15)2)23(26)17(3)24(4)22(25)12-9-18-14-20(27-5)10-11-21(18)28-6/h7-14,17H,1-6H3/b12-9+. The summed E-state index contributed by atoms with van der Waals surface area (Å²) in [6.45, 7) is 5.70. The first-order valence-electron chi connectivity index (χ1n) is 9.06. The fourth-order valence-corrected chi connectivity index (χ4v) is 2.75. The van der Waals surface area contributed by atoms with Crippen LogP contribution in [0.2, 0.25) is 0 Å². The molecule has 0 saturated carbocycles. The normalized spacial score (nSPS) is 11.9. The van der Waals surface area contributed by atoms with Crippen LogP contribution in [0.25, 0.3) is 6.08 Å². The second-order valence-electron chi connectivity index (χ2n) is 6.73. The highest BCUT2D eigenvalue weighted by Gasteiger charge is 2.22. The topological polar surface area (TPSA) is 55.8 Å². The van der Waals surface area contributed by atoms with Gasteiger partial charge in [0.05, 0.1) is 20.3 Å². The molecule has 0 fully saturated rings. The van der Waals surface area contributed by atoms with Crippen LogP contribution in [-0.2, 0) is 4.79 Å². The van der Waals surface area contributed by atoms with E-state index in [-0.39, 0.29) is 11.7 Å². The van der Waals surface area contributed by atoms with Crippen LogP contribution < -0.4 is 9.47 Å². The number of hydrogen-bond donors (Lipinski definition) is 0. The molecule has 0 aliphatic rings. The molecule has 1 unspecified atom stereocenters. The fourth-order valence-electron chi connectivity index (χ4n) is 2.75. The summed E-state index contributed by atoms with van der Waals surface area (Å²) in [5, 5.41) is 0. The number of amides is 1. The van der Waals surface area contributed by atoms with Gasteiger partial charge in [-0.3, -0.25) is 9.59 Å². The molecule has 0 N–H and O–H groups in total. The molecular formula is C23H27NO4. The second kappa shape index (κ2) is 9.22. The van der Waals surface area contributed by atoms with Crippen molar-refractivity contribution in [2.75, 3.05) is 21.3 Å². The number of Topliss-reactive ketones (excluding diaryl/α,β-unsaturated/α-hetero) is 1. The summed E-state index contributed by atoms with van der Waals surface area (Å²) in [6, 6.07) is 10.4. The molecule has 5 heteroatoms. The molecule has 2 aromatic rings. The molecule has 0 heterocycles. The zero-order chi connectivity index (χ0) is 20.8. The van der Waals surface area contributed by atoms with E-state index in [9.17, 15) is 9.59 Å². The first-order chi connectivity index (χ1) is 13.3. The number of ether oxygens (including phenoxy) is 2. The molecule has 0 aliphatic heterocycles. The maximum Gasteiger partial charge on any atom is 0.246 e. The Morgan fingerprint density at radius 3 is 2.32 bits per heavy atom. The van der Waals surface area contributed by atoms with Crippen molar-refractivity contribution in [1.82, 2.24) is 4.90 Å². The molecule has 2 aromatic carbocycles. The summed E-state index contributed by atoms with van der Waals surface area (Å²) in [4.78, 5) is 26.8. The average molecular weight is 381 g/mol. The minimum atomic E-state index is -0.577. The Balaban J connectivity index is 2.16. The van der Waals surface area contributed by atoms with Gasteiger partial charge in [0.25, 0.3) is 0 Å². The number of benzene rings is 2. The largest absolute Gasteiger partial charge is 0.497 e. The minimum absolute atomic E-state index is 0.0914. The van der Waals surface area contributed by atoms with Crippen molar-refractivity contribution in [1.29, 1.82) is 0 Å². The summed E-state index contributed by atoms with van der Waals surface area (Å²) < 4.78 is 10.5. The number of rotatable bonds is 7. The van der Waals surface area contributed by atoms with Crippen molar-refractivity contribution >= 4 is 17.8 Å². The van der Waals surface area contributed by atoms with Crippen LogP contribution in [0, 0.1) is 13.8 Å². The van der Waals surface area contributed by atoms with Crippen molar-refractivity contribution in [3.05, 3.63) is 64.7 Å². The summed E-state index contributed by atoms with van der Waals surface area (Å²) in [5.74, 6) is 0.937. The first kappa shape index (κ1) is 21.2. The molecular weight excluding hydrogens is 354 g/mol. The van der Waals surface area contributed by atoms with Crippen molar-refractivity contribution in [2.24, 2.45) is 0 Å². The molecule has 2 rings (SSSR count). The third-order valence-electron chi connectivity index (χ3n) is 4.94. The molecule has 0 spiro atoms. The highest BCUT2D eigenvalue weighted by molar-refractivity contribution is 6.03. The number of aryl methyl sites for hydroxylation is 2. The Labute approximate surface area is 166 Å². The predicted octanol–water partition coefficient (Wildman–Crippen LogP) is 4.06. The smallest absolute Gasteiger partial charge is 0.246 e. The van der Waals surface area contributed by atoms with Gasteiger partial charge < -0.3 is 14.4 Å². The fraction of sp³-hybridized carbons (Fsp3) is 0.304. The summed E-state index contributed by atoms with van der Waals surface area (Å²) in [6.07, 6.45) is 3.09. The molecule has 0 bridgehead atoms. The molecule has 1 atom stereocenters. The maximum absolute atomic E-state index is 12.8. The minimum Gasteiger partial charge on any atom is -0.497 e. The summed E-state index contributed by atoms with van der Waals surface area (Å²) >= 11 is 0. The Morgan fingerprint density at radius 2 is 1.71 bits per heavy atom. The molecule has 0 aromatic heterocycles. The number of hydrogen-bond acceptors (Lipinski definition) is 4. The van der Waals surface area contributed by atoms with E-state index in [2.05, 4.69) is 0 Å². The molecule has 5 nitrogen and oxygen atoms in total. The van der Waals surface area contributed by atoms with Crippen LogP contribution in [0.1, 0.15) is 34.0 Å². The lowest BCUT2D eigenvalue weighted by atomic mass is 10.00. The van der Waals surface area contributed by atoms with Crippen LogP contribution in [0.15, 0.2) is 42.5 Å². The quantitative estimate of drug-likeness (QED) is 0.536. The van der Waals surface area contributed by atoms with Gasteiger partial charge in [-0.2, -0.15) is 0 Å². The molecule has 0 aliphatic carbocycles. The average Bonchev–Trinajstić information content (AvgIpc) is 2.71. The summed E-state index contributed by atoms with van der Waals surface area (Å²) in [5.41, 5.74) is 3.51. The number of methoxy groups -OCH3 is 2. The summed E-state index contributed by atoms with van der Waals surface area (Å²) in [7, 11) is 4.77. The number of ketones is 1. The van der Waals surface area contributed by atoms with Gasteiger partial charge in [-0.15, -0.1) is 0 Å². The molecule has 148 valence electrons. The lowest BCUT2D eigenvalue weighted by molar-refractivity contribution is -0.125. The van der Waals surface area contributed by atoms with Crippen LogP contribution in [-0.4, -0.2) is 43.9 Å². The number of carbonyl (C=O) groups excluding carboxylic acids is 2. The van der Waals surface area contributed by atoms with Gasteiger partial charge in [-0.05, 0) is 62.2 Å². The predicted molar refractivity (Wildman–Crippen MR) is 111 cm³/mol. The Hall–Kier alpha value is -3.08. The molecule has 1 amide bonds. The first-order valence-corrected chi connectivity index (χ1v) is 9.06. The lowest BCUT2D eigenvalue weighted by Gasteiger charge is -2.23. The van der Waals surface area contributed by atoms with Crippen molar-refractivity contribution in [3.63, 3.8) is 0 Å². The van der Waals surface area contributed by atoms with Crippen LogP contribution in [0.5, 0.6) is 11.5 Å². The maximum atomic E-state index is 12.8. The van der Waals surface area contributed by atoms with E-state index in [1.165, 1.54) is 11.0 Å². The highest BCUT2D eigenvalue weighted by atomic mass is 16.5. The van der Waals surface area contributed by atoms with Gasteiger partial charge in [0, 0.05) is 24.3 Å². The molecule has 0 radical (unpaired) electrons. The van der Waals surface area contributed by atoms with Gasteiger partial charge in [0.2, 0.25) is 5.91 Å². The number of nitrogens with zero attached hydrogens (tertiary/aromatic N) is 1. The third-order valence-corrected chi connectivity index (χ3v) is 4.94. The van der Waals surface area contributed by atoms with Crippen molar-refractivity contribution in [2.45, 2.75) is 26.8 Å². The van der Waals surface area contributed by atoms with Crippen LogP contribution >= 0.6 is 0 Å². The monoisotopic (exact) mass is 381 g/mol. The van der Waals surface area contributed by atoms with Gasteiger partial charge in [0.1, 0.15) is 11.5 Å². The van der Waals surface area contributed by atoms with Gasteiger partial charge in [0.15, 0.2) is 5.78 Å². The zero-order valence-corrected chi connectivity index (χ0v) is 17.3. The van der Waals surface area contributed by atoms with Gasteiger partial charge in [-0.25, -0.2) is 0 Å². The van der Waals surface area contributed by atoms with Crippen molar-refractivity contribution in [3.8, 4) is 11.5 Å². The number of carbonyl (C=O) groups is 2. The zero-order valence-electron chi connectivity index (χ0n) is 17.3. The highest BCUT2D eigenvalue weighted by Crippen LogP contribution is 2.25. The Bertz CT molecular complexity index is 901. The SMILES string of the molecule is COc1ccc(OC)c(/C=C/C(=O)N(C)C(C)C(=O)c2ccc(C)c(C)c2)c1. The van der Waals surface area contributed by atoms with E-state index in [1.807, 2.05) is 26.0 Å². The lowest BCUT2D eigenvalue weighted by Crippen LogP contribution is -2.39.